The number of amidine groups is 1. The predicted octanol–water partition coefficient (Wildman–Crippen LogP) is 0.320. The predicted molar refractivity (Wildman–Crippen MR) is 145 cm³/mol. The summed E-state index contributed by atoms with van der Waals surface area (Å²) in [6, 6.07) is 16.9. The first-order valence-electron chi connectivity index (χ1n) is 12.0. The van der Waals surface area contributed by atoms with Gasteiger partial charge in [0.25, 0.3) is 0 Å². The van der Waals surface area contributed by atoms with Crippen molar-refractivity contribution in [3.8, 4) is 0 Å². The largest absolute Gasteiger partial charge is 0.480 e. The highest BCUT2D eigenvalue weighted by molar-refractivity contribution is 7.89. The monoisotopic (exact) mass is 552 g/mol. The van der Waals surface area contributed by atoms with E-state index >= 15 is 0 Å². The molecule has 2 amide bonds. The minimum atomic E-state index is -4.19. The maximum Gasteiger partial charge on any atom is 0.323 e. The van der Waals surface area contributed by atoms with Gasteiger partial charge in [0.1, 0.15) is 11.9 Å². The molecule has 0 radical (unpaired) electrons. The molecule has 0 aromatic heterocycles. The van der Waals surface area contributed by atoms with E-state index in [2.05, 4.69) is 10.0 Å². The number of rotatable bonds is 10. The van der Waals surface area contributed by atoms with Crippen molar-refractivity contribution in [2.45, 2.75) is 10.9 Å². The molecule has 1 saturated heterocycles. The zero-order valence-corrected chi connectivity index (χ0v) is 21.6. The molecule has 1 atom stereocenters. The summed E-state index contributed by atoms with van der Waals surface area (Å²) in [5.41, 5.74) is 6.82. The van der Waals surface area contributed by atoms with E-state index in [0.29, 0.717) is 17.5 Å². The Kier molecular flexibility index (Phi) is 8.12. The molecule has 39 heavy (non-hydrogen) atoms. The highest BCUT2D eigenvalue weighted by Crippen LogP contribution is 2.20. The van der Waals surface area contributed by atoms with Gasteiger partial charge in [-0.25, -0.2) is 8.42 Å². The second-order valence-electron chi connectivity index (χ2n) is 9.02. The summed E-state index contributed by atoms with van der Waals surface area (Å²) >= 11 is 0. The number of hydrogen-bond acceptors (Lipinski definition) is 7. The van der Waals surface area contributed by atoms with Gasteiger partial charge >= 0.3 is 5.97 Å². The van der Waals surface area contributed by atoms with E-state index in [0.717, 1.165) is 11.1 Å². The number of carboxylic acid groups (broad SMARTS) is 1. The number of nitrogens with two attached hydrogens (primary N) is 1. The number of sulfonamides is 1. The molecule has 0 bridgehead atoms. The SMILES string of the molecule is N=C(N)c1ccc(N2CCN(CC(=O)NC[C@H](NS(=O)(=O)c3ccc4ccccc4c3)C(=O)O)C(=O)C2)cc1. The van der Waals surface area contributed by atoms with Crippen molar-refractivity contribution in [2.75, 3.05) is 37.6 Å². The second kappa shape index (κ2) is 11.5. The van der Waals surface area contributed by atoms with E-state index in [4.69, 9.17) is 11.1 Å². The van der Waals surface area contributed by atoms with Gasteiger partial charge < -0.3 is 26.0 Å². The van der Waals surface area contributed by atoms with Crippen molar-refractivity contribution in [2.24, 2.45) is 5.73 Å². The first-order chi connectivity index (χ1) is 18.5. The third kappa shape index (κ3) is 6.69. The molecule has 13 heteroatoms. The van der Waals surface area contributed by atoms with Crippen molar-refractivity contribution in [1.29, 1.82) is 5.41 Å². The second-order valence-corrected chi connectivity index (χ2v) is 10.7. The summed E-state index contributed by atoms with van der Waals surface area (Å²) in [5.74, 6) is -2.42. The fourth-order valence-electron chi connectivity index (χ4n) is 4.16. The Balaban J connectivity index is 1.31. The van der Waals surface area contributed by atoms with E-state index < -0.39 is 34.5 Å². The number of piperazine rings is 1. The van der Waals surface area contributed by atoms with Crippen LogP contribution in [-0.4, -0.2) is 80.8 Å². The highest BCUT2D eigenvalue weighted by atomic mass is 32.2. The van der Waals surface area contributed by atoms with Crippen LogP contribution in [0.4, 0.5) is 5.69 Å². The third-order valence-corrected chi connectivity index (χ3v) is 7.80. The van der Waals surface area contributed by atoms with E-state index in [-0.39, 0.29) is 36.3 Å². The first-order valence-corrected chi connectivity index (χ1v) is 13.5. The molecule has 3 aromatic carbocycles. The number of carbonyl (C=O) groups is 3. The van der Waals surface area contributed by atoms with Crippen LogP contribution in [0.5, 0.6) is 0 Å². The lowest BCUT2D eigenvalue weighted by molar-refractivity contribution is -0.139. The molecule has 1 heterocycles. The Bertz CT molecular complexity index is 1530. The normalized spacial score (nSPS) is 14.7. The van der Waals surface area contributed by atoms with Gasteiger partial charge in [-0.2, -0.15) is 4.72 Å². The number of amides is 2. The van der Waals surface area contributed by atoms with Gasteiger partial charge in [-0.15, -0.1) is 0 Å². The van der Waals surface area contributed by atoms with Crippen molar-refractivity contribution < 1.29 is 27.9 Å². The molecule has 1 aliphatic rings. The van der Waals surface area contributed by atoms with E-state index in [1.165, 1.54) is 17.0 Å². The van der Waals surface area contributed by atoms with Crippen LogP contribution in [0.25, 0.3) is 10.8 Å². The van der Waals surface area contributed by atoms with E-state index in [1.54, 1.807) is 42.5 Å². The van der Waals surface area contributed by atoms with Gasteiger partial charge in [-0.05, 0) is 47.2 Å². The molecule has 1 fully saturated rings. The topological polar surface area (TPSA) is 186 Å². The van der Waals surface area contributed by atoms with Crippen LogP contribution < -0.4 is 20.7 Å². The molecule has 4 rings (SSSR count). The lowest BCUT2D eigenvalue weighted by atomic mass is 10.1. The molecule has 0 unspecified atom stereocenters. The Hall–Kier alpha value is -4.49. The smallest absolute Gasteiger partial charge is 0.323 e. The molecule has 0 spiro atoms. The average Bonchev–Trinajstić information content (AvgIpc) is 2.91. The number of hydrogen-bond donors (Lipinski definition) is 5. The Morgan fingerprint density at radius 3 is 2.36 bits per heavy atom. The zero-order chi connectivity index (χ0) is 28.2. The number of nitrogens with one attached hydrogen (secondary N) is 3. The average molecular weight is 553 g/mol. The number of benzene rings is 3. The molecule has 0 saturated carbocycles. The fourth-order valence-corrected chi connectivity index (χ4v) is 5.39. The lowest BCUT2D eigenvalue weighted by Crippen LogP contribution is -2.54. The van der Waals surface area contributed by atoms with Crippen molar-refractivity contribution in [3.05, 3.63) is 72.3 Å². The lowest BCUT2D eigenvalue weighted by Gasteiger charge is -2.35. The maximum atomic E-state index is 12.8. The number of carbonyl (C=O) groups excluding carboxylic acids is 2. The molecule has 1 aliphatic heterocycles. The molecular formula is C26H28N6O6S. The Morgan fingerprint density at radius 2 is 1.72 bits per heavy atom. The van der Waals surface area contributed by atoms with Gasteiger partial charge in [-0.3, -0.25) is 19.8 Å². The number of nitrogen functional groups attached to an aromatic ring is 1. The van der Waals surface area contributed by atoms with Crippen LogP contribution in [0.2, 0.25) is 0 Å². The summed E-state index contributed by atoms with van der Waals surface area (Å²) < 4.78 is 27.8. The quantitative estimate of drug-likeness (QED) is 0.176. The number of nitrogens with zero attached hydrogens (tertiary/aromatic N) is 2. The molecule has 6 N–H and O–H groups in total. The van der Waals surface area contributed by atoms with E-state index in [9.17, 15) is 27.9 Å². The van der Waals surface area contributed by atoms with Crippen LogP contribution in [-0.2, 0) is 24.4 Å². The maximum absolute atomic E-state index is 12.8. The molecule has 3 aromatic rings. The first kappa shape index (κ1) is 27.5. The van der Waals surface area contributed by atoms with Crippen LogP contribution >= 0.6 is 0 Å². The number of aliphatic carboxylic acids is 1. The van der Waals surface area contributed by atoms with Crippen LogP contribution in [0, 0.1) is 5.41 Å². The summed E-state index contributed by atoms with van der Waals surface area (Å²) in [4.78, 5) is 40.0. The standard InChI is InChI=1S/C26H28N6O6S/c27-25(28)18-5-8-20(9-6-18)31-11-12-32(24(34)16-31)15-23(33)29-14-22(26(35)36)30-39(37,38)21-10-7-17-3-1-2-4-19(17)13-21/h1-10,13,22,30H,11-12,14-16H2,(H3,27,28)(H,29,33)(H,35,36)/t22-/m0/s1. The molecular weight excluding hydrogens is 524 g/mol. The van der Waals surface area contributed by atoms with Crippen LogP contribution in [0.15, 0.2) is 71.6 Å². The molecule has 204 valence electrons. The number of fused-ring (bicyclic) bond motifs is 1. The van der Waals surface area contributed by atoms with Crippen LogP contribution in [0.3, 0.4) is 0 Å². The minimum Gasteiger partial charge on any atom is -0.480 e. The van der Waals surface area contributed by atoms with Crippen molar-refractivity contribution in [1.82, 2.24) is 14.9 Å². The van der Waals surface area contributed by atoms with E-state index in [1.807, 2.05) is 17.0 Å². The summed E-state index contributed by atoms with van der Waals surface area (Å²) in [6.07, 6.45) is 0. The zero-order valence-electron chi connectivity index (χ0n) is 20.8. The molecule has 12 nitrogen and oxygen atoms in total. The number of anilines is 1. The van der Waals surface area contributed by atoms with Gasteiger partial charge in [0.15, 0.2) is 0 Å². The van der Waals surface area contributed by atoms with Crippen LogP contribution in [0.1, 0.15) is 5.56 Å². The van der Waals surface area contributed by atoms with Crippen molar-refractivity contribution in [3.63, 3.8) is 0 Å². The van der Waals surface area contributed by atoms with Gasteiger partial charge in [-0.1, -0.05) is 30.3 Å². The summed E-state index contributed by atoms with van der Waals surface area (Å²) in [7, 11) is -4.19. The van der Waals surface area contributed by atoms with Crippen molar-refractivity contribution >= 4 is 50.1 Å². The minimum absolute atomic E-state index is 0.0377. The van der Waals surface area contributed by atoms with Gasteiger partial charge in [0.05, 0.1) is 18.0 Å². The summed E-state index contributed by atoms with van der Waals surface area (Å²) in [6.45, 7) is -0.0350. The van der Waals surface area contributed by atoms with Gasteiger partial charge in [0, 0.05) is 30.9 Å². The van der Waals surface area contributed by atoms with Gasteiger partial charge in [0.2, 0.25) is 21.8 Å². The third-order valence-electron chi connectivity index (χ3n) is 6.33. The Labute approximate surface area is 224 Å². The number of carboxylic acids is 1. The molecule has 0 aliphatic carbocycles. The summed E-state index contributed by atoms with van der Waals surface area (Å²) in [5, 5.41) is 20.9. The fraction of sp³-hybridized carbons (Fsp3) is 0.231. The highest BCUT2D eigenvalue weighted by Gasteiger charge is 2.28. The Morgan fingerprint density at radius 1 is 1.03 bits per heavy atom.